The minimum Gasteiger partial charge on any atom is -0.487 e. The largest absolute Gasteiger partial charge is 0.487 e. The van der Waals surface area contributed by atoms with Gasteiger partial charge in [-0.05, 0) is 26.3 Å². The van der Waals surface area contributed by atoms with Gasteiger partial charge in [0, 0.05) is 18.0 Å². The maximum Gasteiger partial charge on any atom is 0.127 e. The van der Waals surface area contributed by atoms with Crippen LogP contribution < -0.4 is 4.74 Å². The first kappa shape index (κ1) is 11.3. The van der Waals surface area contributed by atoms with Gasteiger partial charge in [0.05, 0.1) is 5.88 Å². The van der Waals surface area contributed by atoms with Crippen LogP contribution in [-0.4, -0.2) is 10.6 Å². The van der Waals surface area contributed by atoms with Gasteiger partial charge in [-0.2, -0.15) is 0 Å². The Morgan fingerprint density at radius 3 is 2.79 bits per heavy atom. The van der Waals surface area contributed by atoms with Crippen LogP contribution >= 0.6 is 11.6 Å². The molecule has 0 saturated carbocycles. The summed E-state index contributed by atoms with van der Waals surface area (Å²) >= 11 is 5.78. The fourth-order valence-corrected chi connectivity index (χ4v) is 1.18. The van der Waals surface area contributed by atoms with E-state index in [-0.39, 0.29) is 5.60 Å². The summed E-state index contributed by atoms with van der Waals surface area (Å²) in [5, 5.41) is 0. The zero-order valence-corrected chi connectivity index (χ0v) is 9.64. The van der Waals surface area contributed by atoms with Crippen molar-refractivity contribution >= 4 is 11.6 Å². The third kappa shape index (κ3) is 2.88. The molecule has 0 atom stereocenters. The van der Waals surface area contributed by atoms with Crippen LogP contribution in [0.2, 0.25) is 0 Å². The summed E-state index contributed by atoms with van der Waals surface area (Å²) < 4.78 is 5.85. The lowest BCUT2D eigenvalue weighted by Gasteiger charge is -2.25. The maximum atomic E-state index is 5.85. The van der Waals surface area contributed by atoms with Crippen LogP contribution in [0.3, 0.4) is 0 Å². The lowest BCUT2D eigenvalue weighted by Crippen LogP contribution is -2.27. The number of alkyl halides is 1. The van der Waals surface area contributed by atoms with E-state index in [4.69, 9.17) is 16.3 Å². The molecule has 1 heterocycles. The number of halogens is 1. The van der Waals surface area contributed by atoms with Gasteiger partial charge in [-0.3, -0.25) is 4.98 Å². The minimum atomic E-state index is -0.151. The predicted molar refractivity (Wildman–Crippen MR) is 58.8 cm³/mol. The molecule has 0 aliphatic carbocycles. The lowest BCUT2D eigenvalue weighted by atomic mass is 10.1. The molecule has 0 saturated heterocycles. The molecule has 0 bridgehead atoms. The van der Waals surface area contributed by atoms with Crippen LogP contribution in [0.15, 0.2) is 18.5 Å². The van der Waals surface area contributed by atoms with Crippen molar-refractivity contribution in [3.63, 3.8) is 0 Å². The van der Waals surface area contributed by atoms with E-state index in [1.165, 1.54) is 0 Å². The quantitative estimate of drug-likeness (QED) is 0.716. The Morgan fingerprint density at radius 2 is 2.21 bits per heavy atom. The lowest BCUT2D eigenvalue weighted by molar-refractivity contribution is 0.104. The molecule has 14 heavy (non-hydrogen) atoms. The molecule has 78 valence electrons. The van der Waals surface area contributed by atoms with E-state index in [9.17, 15) is 0 Å². The molecule has 0 aliphatic heterocycles. The van der Waals surface area contributed by atoms with Gasteiger partial charge in [-0.1, -0.05) is 6.92 Å². The van der Waals surface area contributed by atoms with Crippen molar-refractivity contribution in [1.29, 1.82) is 0 Å². The van der Waals surface area contributed by atoms with Crippen LogP contribution in [0.5, 0.6) is 5.75 Å². The molecule has 0 unspecified atom stereocenters. The highest BCUT2D eigenvalue weighted by atomic mass is 35.5. The molecule has 0 fully saturated rings. The Kier molecular flexibility index (Phi) is 3.76. The van der Waals surface area contributed by atoms with E-state index < -0.39 is 0 Å². The third-order valence-electron chi connectivity index (χ3n) is 2.24. The van der Waals surface area contributed by atoms with Crippen LogP contribution in [0.4, 0.5) is 0 Å². The van der Waals surface area contributed by atoms with E-state index in [1.807, 2.05) is 6.07 Å². The molecular weight excluding hydrogens is 198 g/mol. The molecule has 0 aromatic carbocycles. The van der Waals surface area contributed by atoms with Crippen molar-refractivity contribution in [2.24, 2.45) is 0 Å². The van der Waals surface area contributed by atoms with Crippen LogP contribution in [0, 0.1) is 0 Å². The zero-order valence-electron chi connectivity index (χ0n) is 8.88. The number of ether oxygens (including phenoxy) is 1. The van der Waals surface area contributed by atoms with Crippen LogP contribution in [-0.2, 0) is 5.88 Å². The van der Waals surface area contributed by atoms with E-state index >= 15 is 0 Å². The van der Waals surface area contributed by atoms with Crippen molar-refractivity contribution in [3.05, 3.63) is 24.0 Å². The Bertz CT molecular complexity index is 299. The highest BCUT2D eigenvalue weighted by Gasteiger charge is 2.18. The first-order valence-electron chi connectivity index (χ1n) is 4.77. The second-order valence-corrected chi connectivity index (χ2v) is 4.10. The molecule has 0 amide bonds. The van der Waals surface area contributed by atoms with Gasteiger partial charge in [0.1, 0.15) is 11.4 Å². The molecule has 2 nitrogen and oxygen atoms in total. The second-order valence-electron chi connectivity index (χ2n) is 3.83. The van der Waals surface area contributed by atoms with Gasteiger partial charge in [0.15, 0.2) is 0 Å². The summed E-state index contributed by atoms with van der Waals surface area (Å²) in [5.41, 5.74) is 0.790. The standard InChI is InChI=1S/C11H16ClNO/c1-4-11(2,3)14-10-5-6-13-8-9(10)7-12/h5-6,8H,4,7H2,1-3H3. The molecule has 1 aromatic rings. The van der Waals surface area contributed by atoms with Crippen LogP contribution in [0.25, 0.3) is 0 Å². The van der Waals surface area contributed by atoms with Gasteiger partial charge >= 0.3 is 0 Å². The predicted octanol–water partition coefficient (Wildman–Crippen LogP) is 3.39. The number of hydrogen-bond donors (Lipinski definition) is 0. The van der Waals surface area contributed by atoms with Crippen LogP contribution in [0.1, 0.15) is 32.8 Å². The zero-order chi connectivity index (χ0) is 10.6. The monoisotopic (exact) mass is 213 g/mol. The van der Waals surface area contributed by atoms with Crippen molar-refractivity contribution in [2.75, 3.05) is 0 Å². The highest BCUT2D eigenvalue weighted by molar-refractivity contribution is 6.17. The normalized spacial score (nSPS) is 11.4. The summed E-state index contributed by atoms with van der Waals surface area (Å²) in [6.45, 7) is 6.22. The number of rotatable bonds is 4. The summed E-state index contributed by atoms with van der Waals surface area (Å²) in [6.07, 6.45) is 4.42. The molecule has 1 aromatic heterocycles. The van der Waals surface area contributed by atoms with Gasteiger partial charge in [-0.15, -0.1) is 11.6 Å². The van der Waals surface area contributed by atoms with Crippen molar-refractivity contribution in [1.82, 2.24) is 4.98 Å². The molecule has 1 rings (SSSR count). The fraction of sp³-hybridized carbons (Fsp3) is 0.545. The third-order valence-corrected chi connectivity index (χ3v) is 2.53. The Labute approximate surface area is 90.3 Å². The topological polar surface area (TPSA) is 22.1 Å². The average Bonchev–Trinajstić information content (AvgIpc) is 2.18. The minimum absolute atomic E-state index is 0.151. The highest BCUT2D eigenvalue weighted by Crippen LogP contribution is 2.24. The molecule has 0 aliphatic rings. The Morgan fingerprint density at radius 1 is 1.50 bits per heavy atom. The fourth-order valence-electron chi connectivity index (χ4n) is 0.984. The number of hydrogen-bond acceptors (Lipinski definition) is 2. The molecule has 0 radical (unpaired) electrons. The van der Waals surface area contributed by atoms with E-state index in [2.05, 4.69) is 25.8 Å². The molecular formula is C11H16ClNO. The second kappa shape index (κ2) is 4.65. The van der Waals surface area contributed by atoms with Crippen molar-refractivity contribution in [3.8, 4) is 5.75 Å². The molecule has 3 heteroatoms. The summed E-state index contributed by atoms with van der Waals surface area (Å²) in [7, 11) is 0. The molecule has 0 N–H and O–H groups in total. The average molecular weight is 214 g/mol. The maximum absolute atomic E-state index is 5.85. The van der Waals surface area contributed by atoms with E-state index in [1.54, 1.807) is 12.4 Å². The number of pyridine rings is 1. The van der Waals surface area contributed by atoms with Gasteiger partial charge in [-0.25, -0.2) is 0 Å². The van der Waals surface area contributed by atoms with E-state index in [0.717, 1.165) is 17.7 Å². The molecule has 0 spiro atoms. The van der Waals surface area contributed by atoms with Gasteiger partial charge in [0.25, 0.3) is 0 Å². The first-order chi connectivity index (χ1) is 6.59. The first-order valence-corrected chi connectivity index (χ1v) is 5.30. The SMILES string of the molecule is CCC(C)(C)Oc1ccncc1CCl. The summed E-state index contributed by atoms with van der Waals surface area (Å²) in [6, 6.07) is 1.86. The van der Waals surface area contributed by atoms with Crippen molar-refractivity contribution in [2.45, 2.75) is 38.7 Å². The number of nitrogens with zero attached hydrogens (tertiary/aromatic N) is 1. The smallest absolute Gasteiger partial charge is 0.127 e. The van der Waals surface area contributed by atoms with E-state index in [0.29, 0.717) is 5.88 Å². The summed E-state index contributed by atoms with van der Waals surface area (Å²) in [4.78, 5) is 4.01. The summed E-state index contributed by atoms with van der Waals surface area (Å²) in [5.74, 6) is 1.27. The Balaban J connectivity index is 2.85. The Hall–Kier alpha value is -0.760. The van der Waals surface area contributed by atoms with Gasteiger partial charge < -0.3 is 4.74 Å². The number of aromatic nitrogens is 1. The van der Waals surface area contributed by atoms with Gasteiger partial charge in [0.2, 0.25) is 0 Å². The van der Waals surface area contributed by atoms with Crippen molar-refractivity contribution < 1.29 is 4.74 Å².